The summed E-state index contributed by atoms with van der Waals surface area (Å²) in [5.74, 6) is -3.02. The predicted molar refractivity (Wildman–Crippen MR) is 85.5 cm³/mol. The quantitative estimate of drug-likeness (QED) is 0.418. The summed E-state index contributed by atoms with van der Waals surface area (Å²) in [7, 11) is 0. The van der Waals surface area contributed by atoms with Crippen molar-refractivity contribution in [1.29, 1.82) is 0 Å². The Kier molecular flexibility index (Phi) is 5.83. The Balaban J connectivity index is 1.96. The van der Waals surface area contributed by atoms with Gasteiger partial charge in [-0.15, -0.1) is 0 Å². The van der Waals surface area contributed by atoms with E-state index in [0.717, 1.165) is 6.07 Å². The highest BCUT2D eigenvalue weighted by Gasteiger charge is 2.25. The zero-order chi connectivity index (χ0) is 17.7. The number of imide groups is 1. The van der Waals surface area contributed by atoms with Crippen molar-refractivity contribution in [3.05, 3.63) is 33.3 Å². The minimum absolute atomic E-state index is 0.0283. The van der Waals surface area contributed by atoms with E-state index in [1.165, 1.54) is 12.1 Å². The number of rotatable bonds is 3. The van der Waals surface area contributed by atoms with Gasteiger partial charge >= 0.3 is 11.8 Å². The van der Waals surface area contributed by atoms with Crippen LogP contribution < -0.4 is 16.0 Å². The van der Waals surface area contributed by atoms with E-state index < -0.39 is 28.3 Å². The number of benzene rings is 1. The van der Waals surface area contributed by atoms with Crippen LogP contribution in [0, 0.1) is 16.0 Å². The molecule has 0 unspecified atom stereocenters. The average Bonchev–Trinajstić information content (AvgIpc) is 2.57. The highest BCUT2D eigenvalue weighted by atomic mass is 35.5. The molecule has 0 aliphatic carbocycles. The van der Waals surface area contributed by atoms with Gasteiger partial charge in [0.15, 0.2) is 0 Å². The van der Waals surface area contributed by atoms with E-state index in [2.05, 4.69) is 10.6 Å². The number of carbonyl (C=O) groups is 3. The maximum absolute atomic E-state index is 11.9. The normalized spacial score (nSPS) is 14.7. The molecule has 9 nitrogen and oxygen atoms in total. The molecule has 0 aromatic heterocycles. The molecule has 128 valence electrons. The number of nitro groups is 1. The first-order valence-electron chi connectivity index (χ1n) is 7.19. The largest absolute Gasteiger partial charge is 0.318 e. The molecule has 1 fully saturated rings. The van der Waals surface area contributed by atoms with Crippen LogP contribution >= 0.6 is 11.6 Å². The van der Waals surface area contributed by atoms with E-state index in [4.69, 9.17) is 11.6 Å². The van der Waals surface area contributed by atoms with Crippen LogP contribution in [0.25, 0.3) is 0 Å². The van der Waals surface area contributed by atoms with E-state index in [1.807, 2.05) is 5.32 Å². The van der Waals surface area contributed by atoms with Crippen molar-refractivity contribution >= 4 is 40.7 Å². The summed E-state index contributed by atoms with van der Waals surface area (Å²) in [5.41, 5.74) is -0.374. The SMILES string of the molecule is O=C(NC(=O)C1CCNCC1)C(=O)Nc1ccc(Cl)c([N+](=O)[O-])c1. The third-order valence-corrected chi connectivity index (χ3v) is 3.87. The number of anilines is 1. The highest BCUT2D eigenvalue weighted by Crippen LogP contribution is 2.27. The third-order valence-electron chi connectivity index (χ3n) is 3.55. The fourth-order valence-electron chi connectivity index (χ4n) is 2.27. The van der Waals surface area contributed by atoms with Gasteiger partial charge in [-0.05, 0) is 38.1 Å². The Bertz CT molecular complexity index is 688. The molecular weight excluding hydrogens is 340 g/mol. The minimum atomic E-state index is -1.11. The van der Waals surface area contributed by atoms with E-state index >= 15 is 0 Å². The van der Waals surface area contributed by atoms with Crippen molar-refractivity contribution < 1.29 is 19.3 Å². The van der Waals surface area contributed by atoms with Crippen LogP contribution in [-0.2, 0) is 14.4 Å². The second kappa shape index (κ2) is 7.84. The first-order chi connectivity index (χ1) is 11.4. The number of amides is 3. The summed E-state index contributed by atoms with van der Waals surface area (Å²) in [5, 5.41) is 18.0. The third kappa shape index (κ3) is 4.49. The number of halogens is 1. The molecule has 2 rings (SSSR count). The van der Waals surface area contributed by atoms with Crippen LogP contribution in [0.5, 0.6) is 0 Å². The van der Waals surface area contributed by atoms with Gasteiger partial charge in [-0.25, -0.2) is 0 Å². The minimum Gasteiger partial charge on any atom is -0.318 e. The molecule has 0 atom stereocenters. The van der Waals surface area contributed by atoms with Gasteiger partial charge in [0, 0.05) is 17.7 Å². The summed E-state index contributed by atoms with van der Waals surface area (Å²) < 4.78 is 0. The molecular formula is C14H15ClN4O5. The molecule has 1 heterocycles. The monoisotopic (exact) mass is 354 g/mol. The standard InChI is InChI=1S/C14H15ClN4O5/c15-10-2-1-9(7-11(10)19(23)24)17-13(21)14(22)18-12(20)8-3-5-16-6-4-8/h1-2,7-8,16H,3-6H2,(H,17,21)(H,18,20,22). The summed E-state index contributed by atoms with van der Waals surface area (Å²) in [6.45, 7) is 1.35. The molecule has 1 aromatic carbocycles. The lowest BCUT2D eigenvalue weighted by atomic mass is 9.97. The Hall–Kier alpha value is -2.52. The van der Waals surface area contributed by atoms with Gasteiger partial charge < -0.3 is 10.6 Å². The van der Waals surface area contributed by atoms with Crippen LogP contribution in [0.2, 0.25) is 5.02 Å². The predicted octanol–water partition coefficient (Wildman–Crippen LogP) is 0.829. The molecule has 1 saturated heterocycles. The Morgan fingerprint density at radius 2 is 1.88 bits per heavy atom. The smallest absolute Gasteiger partial charge is 0.316 e. The van der Waals surface area contributed by atoms with Crippen molar-refractivity contribution in [3.8, 4) is 0 Å². The van der Waals surface area contributed by atoms with Crippen LogP contribution in [0.15, 0.2) is 18.2 Å². The van der Waals surface area contributed by atoms with E-state index in [9.17, 15) is 24.5 Å². The summed E-state index contributed by atoms with van der Waals surface area (Å²) >= 11 is 5.66. The lowest BCUT2D eigenvalue weighted by Gasteiger charge is -2.21. The summed E-state index contributed by atoms with van der Waals surface area (Å²) in [6, 6.07) is 3.57. The van der Waals surface area contributed by atoms with Crippen molar-refractivity contribution in [2.24, 2.45) is 5.92 Å². The number of piperidine rings is 1. The fraction of sp³-hybridized carbons (Fsp3) is 0.357. The van der Waals surface area contributed by atoms with Gasteiger partial charge in [0.2, 0.25) is 5.91 Å². The van der Waals surface area contributed by atoms with Crippen LogP contribution in [-0.4, -0.2) is 35.7 Å². The zero-order valence-corrected chi connectivity index (χ0v) is 13.3. The molecule has 10 heteroatoms. The second-order valence-electron chi connectivity index (χ2n) is 5.22. The molecule has 1 aromatic rings. The van der Waals surface area contributed by atoms with Crippen molar-refractivity contribution in [2.75, 3.05) is 18.4 Å². The number of nitrogens with zero attached hydrogens (tertiary/aromatic N) is 1. The Labute approximate surface area is 141 Å². The molecule has 3 N–H and O–H groups in total. The lowest BCUT2D eigenvalue weighted by molar-refractivity contribution is -0.384. The Morgan fingerprint density at radius 3 is 2.50 bits per heavy atom. The van der Waals surface area contributed by atoms with Crippen molar-refractivity contribution in [3.63, 3.8) is 0 Å². The summed E-state index contributed by atoms with van der Waals surface area (Å²) in [4.78, 5) is 45.6. The van der Waals surface area contributed by atoms with Gasteiger partial charge in [-0.3, -0.25) is 29.8 Å². The summed E-state index contributed by atoms with van der Waals surface area (Å²) in [6.07, 6.45) is 1.17. The number of nitrogens with one attached hydrogen (secondary N) is 3. The van der Waals surface area contributed by atoms with Gasteiger partial charge in [-0.2, -0.15) is 0 Å². The zero-order valence-electron chi connectivity index (χ0n) is 12.5. The Morgan fingerprint density at radius 1 is 1.21 bits per heavy atom. The molecule has 3 amide bonds. The number of carbonyl (C=O) groups excluding carboxylic acids is 3. The molecule has 1 aliphatic heterocycles. The van der Waals surface area contributed by atoms with Crippen molar-refractivity contribution in [2.45, 2.75) is 12.8 Å². The number of nitro benzene ring substituents is 1. The van der Waals surface area contributed by atoms with Crippen LogP contribution in [0.1, 0.15) is 12.8 Å². The van der Waals surface area contributed by atoms with E-state index in [1.54, 1.807) is 0 Å². The maximum Gasteiger partial charge on any atom is 0.316 e. The first kappa shape index (κ1) is 17.8. The second-order valence-corrected chi connectivity index (χ2v) is 5.63. The van der Waals surface area contributed by atoms with Crippen LogP contribution in [0.3, 0.4) is 0 Å². The van der Waals surface area contributed by atoms with E-state index in [0.29, 0.717) is 25.9 Å². The van der Waals surface area contributed by atoms with Crippen molar-refractivity contribution in [1.82, 2.24) is 10.6 Å². The highest BCUT2D eigenvalue weighted by molar-refractivity contribution is 6.42. The number of hydrogen-bond donors (Lipinski definition) is 3. The number of hydrogen-bond acceptors (Lipinski definition) is 6. The van der Waals surface area contributed by atoms with Crippen LogP contribution in [0.4, 0.5) is 11.4 Å². The van der Waals surface area contributed by atoms with Gasteiger partial charge in [-0.1, -0.05) is 11.6 Å². The van der Waals surface area contributed by atoms with Gasteiger partial charge in [0.25, 0.3) is 5.69 Å². The molecule has 24 heavy (non-hydrogen) atoms. The molecule has 0 spiro atoms. The fourth-order valence-corrected chi connectivity index (χ4v) is 2.46. The molecule has 0 bridgehead atoms. The maximum atomic E-state index is 11.9. The molecule has 0 radical (unpaired) electrons. The lowest BCUT2D eigenvalue weighted by Crippen LogP contribution is -2.44. The van der Waals surface area contributed by atoms with E-state index in [-0.39, 0.29) is 16.6 Å². The molecule has 0 saturated carbocycles. The average molecular weight is 355 g/mol. The van der Waals surface area contributed by atoms with Gasteiger partial charge in [0.05, 0.1) is 4.92 Å². The first-order valence-corrected chi connectivity index (χ1v) is 7.57. The molecule has 1 aliphatic rings. The van der Waals surface area contributed by atoms with Gasteiger partial charge in [0.1, 0.15) is 5.02 Å². The topological polar surface area (TPSA) is 130 Å².